The molecule has 0 saturated carbocycles. The van der Waals surface area contributed by atoms with Gasteiger partial charge in [0.15, 0.2) is 0 Å². The number of carbonyl (C=O) groups is 1. The lowest BCUT2D eigenvalue weighted by Gasteiger charge is -2.44. The normalized spacial score (nSPS) is 12.1. The summed E-state index contributed by atoms with van der Waals surface area (Å²) in [4.78, 5) is 10.8. The van der Waals surface area contributed by atoms with Crippen molar-refractivity contribution >= 4 is 34.0 Å². The SMILES string of the molecule is C[N+](C)(C)CC(CC(=O)O)OCc1ccccc1.c1ccc([B-](c2ccccc2)(c2ccccc2)c2ccccc2)cc1. The lowest BCUT2D eigenvalue weighted by molar-refractivity contribution is -0.873. The second kappa shape index (κ2) is 15.1. The maximum absolute atomic E-state index is 10.8. The average Bonchev–Trinajstić information content (AvgIpc) is 3.02. The van der Waals surface area contributed by atoms with Crippen molar-refractivity contribution in [1.82, 2.24) is 0 Å². The van der Waals surface area contributed by atoms with Crippen LogP contribution in [0.5, 0.6) is 0 Å². The maximum atomic E-state index is 10.8. The Morgan fingerprint density at radius 1 is 0.605 bits per heavy atom. The Hall–Kier alpha value is -4.45. The lowest BCUT2D eigenvalue weighted by Crippen LogP contribution is -2.74. The Morgan fingerprint density at radius 3 is 1.23 bits per heavy atom. The molecule has 5 aromatic carbocycles. The summed E-state index contributed by atoms with van der Waals surface area (Å²) in [6.45, 7) is 1.14. The number of quaternary nitrogens is 1. The van der Waals surface area contributed by atoms with Crippen LogP contribution in [0.4, 0.5) is 0 Å². The Balaban J connectivity index is 0.000000209. The molecule has 0 heterocycles. The van der Waals surface area contributed by atoms with Crippen LogP contribution in [0.25, 0.3) is 0 Å². The van der Waals surface area contributed by atoms with Gasteiger partial charge < -0.3 is 14.3 Å². The molecular formula is C38H42BNO3. The number of likely N-dealkylation sites (N-methyl/N-ethyl adjacent to an activating group) is 1. The minimum absolute atomic E-state index is 0.0440. The van der Waals surface area contributed by atoms with Gasteiger partial charge >= 0.3 is 5.97 Å². The van der Waals surface area contributed by atoms with Gasteiger partial charge in [-0.25, -0.2) is 0 Å². The standard InChI is InChI=1S/C24H20B.C14H21NO3/c1-5-13-21(14-6-1)25(22-15-7-2-8-16-22,23-17-9-3-10-18-23)24-19-11-4-12-20-24;1-15(2,3)10-13(9-14(16)17)18-11-12-7-5-4-6-8-12/h1-20H;4-8,13H,9-11H2,1-3H3/q-1;/p+1. The predicted octanol–water partition coefficient (Wildman–Crippen LogP) is 4.82. The van der Waals surface area contributed by atoms with E-state index in [4.69, 9.17) is 9.84 Å². The van der Waals surface area contributed by atoms with Gasteiger partial charge in [0.05, 0.1) is 34.2 Å². The second-order valence-corrected chi connectivity index (χ2v) is 12.0. The topological polar surface area (TPSA) is 46.5 Å². The third-order valence-electron chi connectivity index (χ3n) is 7.68. The molecule has 0 spiro atoms. The van der Waals surface area contributed by atoms with Crippen molar-refractivity contribution in [2.45, 2.75) is 19.1 Å². The molecule has 0 bridgehead atoms. The first kappa shape index (κ1) is 31.5. The first-order valence-corrected chi connectivity index (χ1v) is 14.8. The molecule has 0 aromatic heterocycles. The summed E-state index contributed by atoms with van der Waals surface area (Å²) in [7, 11) is 6.09. The summed E-state index contributed by atoms with van der Waals surface area (Å²) in [5.74, 6) is -0.818. The highest BCUT2D eigenvalue weighted by molar-refractivity contribution is 7.19. The molecule has 5 heteroatoms. The molecule has 220 valence electrons. The van der Waals surface area contributed by atoms with Gasteiger partial charge in [0, 0.05) is 0 Å². The van der Waals surface area contributed by atoms with E-state index in [1.165, 1.54) is 21.9 Å². The second-order valence-electron chi connectivity index (χ2n) is 12.0. The molecule has 0 aliphatic rings. The number of hydrogen-bond acceptors (Lipinski definition) is 2. The Kier molecular flexibility index (Phi) is 11.1. The fraction of sp³-hybridized carbons (Fsp3) is 0.184. The van der Waals surface area contributed by atoms with Crippen molar-refractivity contribution in [2.75, 3.05) is 27.7 Å². The molecule has 0 radical (unpaired) electrons. The van der Waals surface area contributed by atoms with Crippen molar-refractivity contribution < 1.29 is 19.1 Å². The Bertz CT molecular complexity index is 1340. The minimum Gasteiger partial charge on any atom is -0.481 e. The molecule has 1 N–H and O–H groups in total. The van der Waals surface area contributed by atoms with Crippen molar-refractivity contribution in [3.63, 3.8) is 0 Å². The van der Waals surface area contributed by atoms with E-state index in [1.807, 2.05) is 51.5 Å². The van der Waals surface area contributed by atoms with E-state index in [-0.39, 0.29) is 12.5 Å². The van der Waals surface area contributed by atoms with Gasteiger partial charge in [0.1, 0.15) is 18.8 Å². The quantitative estimate of drug-likeness (QED) is 0.183. The Morgan fingerprint density at radius 2 is 0.930 bits per heavy atom. The van der Waals surface area contributed by atoms with E-state index in [2.05, 4.69) is 121 Å². The summed E-state index contributed by atoms with van der Waals surface area (Å²) in [6.07, 6.45) is -1.43. The first-order valence-electron chi connectivity index (χ1n) is 14.8. The number of ether oxygens (including phenoxy) is 1. The highest BCUT2D eigenvalue weighted by atomic mass is 16.5. The van der Waals surface area contributed by atoms with E-state index < -0.39 is 12.1 Å². The van der Waals surface area contributed by atoms with Crippen LogP contribution >= 0.6 is 0 Å². The molecule has 0 amide bonds. The van der Waals surface area contributed by atoms with Crippen molar-refractivity contribution in [3.05, 3.63) is 157 Å². The first-order chi connectivity index (χ1) is 20.8. The van der Waals surface area contributed by atoms with Crippen LogP contribution in [-0.4, -0.2) is 55.5 Å². The number of benzene rings is 5. The zero-order valence-corrected chi connectivity index (χ0v) is 25.4. The van der Waals surface area contributed by atoms with Crippen LogP contribution in [0.1, 0.15) is 12.0 Å². The van der Waals surface area contributed by atoms with Crippen LogP contribution in [0, 0.1) is 0 Å². The van der Waals surface area contributed by atoms with Gasteiger partial charge in [-0.15, -0.1) is 0 Å². The lowest BCUT2D eigenvalue weighted by atomic mass is 9.13. The smallest absolute Gasteiger partial charge is 0.306 e. The highest BCUT2D eigenvalue weighted by Gasteiger charge is 2.31. The van der Waals surface area contributed by atoms with E-state index in [1.54, 1.807) is 0 Å². The Labute approximate surface area is 256 Å². The van der Waals surface area contributed by atoms with E-state index in [0.29, 0.717) is 17.6 Å². The van der Waals surface area contributed by atoms with Gasteiger partial charge in [-0.3, -0.25) is 4.79 Å². The van der Waals surface area contributed by atoms with Crippen molar-refractivity contribution in [1.29, 1.82) is 0 Å². The third kappa shape index (κ3) is 8.77. The van der Waals surface area contributed by atoms with Gasteiger partial charge in [-0.1, -0.05) is 152 Å². The molecular weight excluding hydrogens is 529 g/mol. The summed E-state index contributed by atoms with van der Waals surface area (Å²) in [6, 6.07) is 53.3. The fourth-order valence-corrected chi connectivity index (χ4v) is 5.89. The molecule has 5 aromatic rings. The molecule has 0 aliphatic heterocycles. The number of aliphatic carboxylic acids is 1. The fourth-order valence-electron chi connectivity index (χ4n) is 5.89. The molecule has 1 unspecified atom stereocenters. The molecule has 43 heavy (non-hydrogen) atoms. The van der Waals surface area contributed by atoms with Crippen LogP contribution in [-0.2, 0) is 16.1 Å². The molecule has 0 fully saturated rings. The van der Waals surface area contributed by atoms with Crippen molar-refractivity contribution in [3.8, 4) is 0 Å². The number of carboxylic acids is 1. The van der Waals surface area contributed by atoms with Gasteiger partial charge in [-0.2, -0.15) is 21.9 Å². The van der Waals surface area contributed by atoms with Gasteiger partial charge in [0.25, 0.3) is 0 Å². The molecule has 5 rings (SSSR count). The number of rotatable bonds is 11. The largest absolute Gasteiger partial charge is 0.481 e. The van der Waals surface area contributed by atoms with Crippen LogP contribution < -0.4 is 21.9 Å². The summed E-state index contributed by atoms with van der Waals surface area (Å²) in [5, 5.41) is 8.89. The number of carboxylic acid groups (broad SMARTS) is 1. The number of nitrogens with zero attached hydrogens (tertiary/aromatic N) is 1. The monoisotopic (exact) mass is 571 g/mol. The highest BCUT2D eigenvalue weighted by Crippen LogP contribution is 2.10. The van der Waals surface area contributed by atoms with Crippen LogP contribution in [0.3, 0.4) is 0 Å². The zero-order chi connectivity index (χ0) is 30.5. The van der Waals surface area contributed by atoms with E-state index >= 15 is 0 Å². The maximum Gasteiger partial charge on any atom is 0.306 e. The van der Waals surface area contributed by atoms with E-state index in [0.717, 1.165) is 5.56 Å². The van der Waals surface area contributed by atoms with Crippen molar-refractivity contribution in [2.24, 2.45) is 0 Å². The summed E-state index contributed by atoms with van der Waals surface area (Å²) < 4.78 is 6.41. The van der Waals surface area contributed by atoms with Crippen LogP contribution in [0.2, 0.25) is 0 Å². The minimum atomic E-state index is -1.22. The zero-order valence-electron chi connectivity index (χ0n) is 25.4. The molecule has 4 nitrogen and oxygen atoms in total. The number of hydrogen-bond donors (Lipinski definition) is 1. The summed E-state index contributed by atoms with van der Waals surface area (Å²) in [5.41, 5.74) is 6.42. The molecule has 0 saturated heterocycles. The third-order valence-corrected chi connectivity index (χ3v) is 7.68. The summed E-state index contributed by atoms with van der Waals surface area (Å²) >= 11 is 0. The molecule has 1 atom stereocenters. The van der Waals surface area contributed by atoms with Crippen LogP contribution in [0.15, 0.2) is 152 Å². The van der Waals surface area contributed by atoms with Gasteiger partial charge in [-0.05, 0) is 5.56 Å². The van der Waals surface area contributed by atoms with Gasteiger partial charge in [0.2, 0.25) is 0 Å². The molecule has 0 aliphatic carbocycles. The predicted molar refractivity (Wildman–Crippen MR) is 180 cm³/mol. The average molecular weight is 572 g/mol. The van der Waals surface area contributed by atoms with E-state index in [9.17, 15) is 4.79 Å².